The lowest BCUT2D eigenvalue weighted by Gasteiger charge is -2.15. The van der Waals surface area contributed by atoms with E-state index in [-0.39, 0.29) is 18.1 Å². The molecule has 0 bridgehead atoms. The molecule has 0 fully saturated rings. The predicted octanol–water partition coefficient (Wildman–Crippen LogP) is 2.65. The van der Waals surface area contributed by atoms with Crippen LogP contribution >= 0.6 is 0 Å². The summed E-state index contributed by atoms with van der Waals surface area (Å²) in [4.78, 5) is 11.3. The number of hydrogen-bond acceptors (Lipinski definition) is 3. The molecule has 4 nitrogen and oxygen atoms in total. The van der Waals surface area contributed by atoms with Gasteiger partial charge in [0.15, 0.2) is 0 Å². The van der Waals surface area contributed by atoms with Gasteiger partial charge in [0.25, 0.3) is 0 Å². The van der Waals surface area contributed by atoms with Crippen LogP contribution in [0.15, 0.2) is 24.3 Å². The molecule has 0 aliphatic rings. The third kappa shape index (κ3) is 6.06. The van der Waals surface area contributed by atoms with Crippen LogP contribution < -0.4 is 15.4 Å². The molecule has 0 saturated heterocycles. The van der Waals surface area contributed by atoms with Crippen molar-refractivity contribution in [2.75, 3.05) is 13.1 Å². The monoisotopic (exact) mass is 278 g/mol. The van der Waals surface area contributed by atoms with Gasteiger partial charge in [0, 0.05) is 25.6 Å². The third-order valence-electron chi connectivity index (χ3n) is 2.93. The lowest BCUT2D eigenvalue weighted by atomic mass is 10.1. The highest BCUT2D eigenvalue weighted by atomic mass is 16.5. The van der Waals surface area contributed by atoms with Crippen molar-refractivity contribution in [3.63, 3.8) is 0 Å². The molecule has 1 unspecified atom stereocenters. The minimum absolute atomic E-state index is 0.0906. The molecule has 0 aliphatic carbocycles. The Morgan fingerprint density at radius 3 is 2.40 bits per heavy atom. The van der Waals surface area contributed by atoms with Gasteiger partial charge in [-0.15, -0.1) is 0 Å². The first-order valence-electron chi connectivity index (χ1n) is 7.29. The number of benzene rings is 1. The van der Waals surface area contributed by atoms with Gasteiger partial charge in [-0.25, -0.2) is 0 Å². The number of amides is 1. The van der Waals surface area contributed by atoms with Gasteiger partial charge in [0.2, 0.25) is 5.91 Å². The number of hydrogen-bond donors (Lipinski definition) is 2. The van der Waals surface area contributed by atoms with E-state index < -0.39 is 0 Å². The Morgan fingerprint density at radius 1 is 1.20 bits per heavy atom. The van der Waals surface area contributed by atoms with Gasteiger partial charge in [-0.1, -0.05) is 12.1 Å². The van der Waals surface area contributed by atoms with Crippen molar-refractivity contribution < 1.29 is 9.53 Å². The first-order chi connectivity index (χ1) is 9.52. The Morgan fingerprint density at radius 2 is 1.85 bits per heavy atom. The Kier molecular flexibility index (Phi) is 7.09. The molecule has 4 heteroatoms. The van der Waals surface area contributed by atoms with Crippen molar-refractivity contribution in [1.82, 2.24) is 10.6 Å². The van der Waals surface area contributed by atoms with Crippen LogP contribution in [0.4, 0.5) is 0 Å². The topological polar surface area (TPSA) is 50.4 Å². The zero-order valence-electron chi connectivity index (χ0n) is 12.9. The van der Waals surface area contributed by atoms with Crippen LogP contribution in [-0.4, -0.2) is 25.1 Å². The van der Waals surface area contributed by atoms with E-state index in [1.807, 2.05) is 32.9 Å². The maximum absolute atomic E-state index is 11.3. The van der Waals surface area contributed by atoms with E-state index in [9.17, 15) is 4.79 Å². The molecule has 20 heavy (non-hydrogen) atoms. The lowest BCUT2D eigenvalue weighted by Crippen LogP contribution is -2.28. The number of ether oxygens (including phenoxy) is 1. The van der Waals surface area contributed by atoms with Crippen molar-refractivity contribution in [3.8, 4) is 5.75 Å². The van der Waals surface area contributed by atoms with E-state index in [1.165, 1.54) is 5.56 Å². The van der Waals surface area contributed by atoms with Crippen molar-refractivity contribution in [1.29, 1.82) is 0 Å². The largest absolute Gasteiger partial charge is 0.491 e. The number of nitrogens with one attached hydrogen (secondary N) is 2. The van der Waals surface area contributed by atoms with E-state index in [0.29, 0.717) is 19.5 Å². The van der Waals surface area contributed by atoms with E-state index in [0.717, 1.165) is 5.75 Å². The molecular weight excluding hydrogens is 252 g/mol. The minimum Gasteiger partial charge on any atom is -0.491 e. The quantitative estimate of drug-likeness (QED) is 0.768. The second-order valence-electron chi connectivity index (χ2n) is 5.11. The van der Waals surface area contributed by atoms with Crippen LogP contribution in [0.2, 0.25) is 0 Å². The van der Waals surface area contributed by atoms with Gasteiger partial charge >= 0.3 is 0 Å². The predicted molar refractivity (Wildman–Crippen MR) is 81.9 cm³/mol. The van der Waals surface area contributed by atoms with Gasteiger partial charge in [-0.05, 0) is 45.4 Å². The summed E-state index contributed by atoms with van der Waals surface area (Å²) in [5, 5.41) is 6.14. The molecule has 2 N–H and O–H groups in total. The van der Waals surface area contributed by atoms with Gasteiger partial charge in [0.05, 0.1) is 6.10 Å². The lowest BCUT2D eigenvalue weighted by molar-refractivity contribution is -0.120. The van der Waals surface area contributed by atoms with Crippen LogP contribution in [-0.2, 0) is 4.79 Å². The van der Waals surface area contributed by atoms with Gasteiger partial charge in [-0.3, -0.25) is 4.79 Å². The summed E-state index contributed by atoms with van der Waals surface area (Å²) in [5.74, 6) is 0.978. The second kappa shape index (κ2) is 8.59. The third-order valence-corrected chi connectivity index (χ3v) is 2.93. The molecule has 0 spiro atoms. The Balaban J connectivity index is 2.39. The summed E-state index contributed by atoms with van der Waals surface area (Å²) >= 11 is 0. The molecule has 0 heterocycles. The highest BCUT2D eigenvalue weighted by molar-refractivity contribution is 5.75. The zero-order chi connectivity index (χ0) is 15.0. The average molecular weight is 278 g/mol. The summed E-state index contributed by atoms with van der Waals surface area (Å²) in [6.07, 6.45) is 0.695. The van der Waals surface area contributed by atoms with Crippen molar-refractivity contribution in [2.24, 2.45) is 0 Å². The van der Waals surface area contributed by atoms with Crippen LogP contribution in [0.1, 0.15) is 45.7 Å². The highest BCUT2D eigenvalue weighted by Gasteiger charge is 2.06. The van der Waals surface area contributed by atoms with E-state index in [4.69, 9.17) is 4.74 Å². The zero-order valence-corrected chi connectivity index (χ0v) is 12.9. The molecule has 112 valence electrons. The van der Waals surface area contributed by atoms with Gasteiger partial charge in [0.1, 0.15) is 5.75 Å². The van der Waals surface area contributed by atoms with Crippen molar-refractivity contribution in [3.05, 3.63) is 29.8 Å². The van der Waals surface area contributed by atoms with Crippen molar-refractivity contribution >= 4 is 5.91 Å². The van der Waals surface area contributed by atoms with Crippen LogP contribution in [0, 0.1) is 0 Å². The molecule has 0 aliphatic heterocycles. The Bertz CT molecular complexity index is 401. The number of carbonyl (C=O) groups excluding carboxylic acids is 1. The Labute approximate surface area is 121 Å². The minimum atomic E-state index is 0.0906. The first kappa shape index (κ1) is 16.5. The number of carbonyl (C=O) groups is 1. The summed E-state index contributed by atoms with van der Waals surface area (Å²) in [6.45, 7) is 9.41. The normalized spacial score (nSPS) is 12.2. The standard InChI is InChI=1S/C16H26N2O2/c1-5-17-16(19)10-11-18-13(4)14-6-8-15(9-7-14)20-12(2)3/h6-9,12-13,18H,5,10-11H2,1-4H3,(H,17,19). The molecule has 0 saturated carbocycles. The number of rotatable bonds is 8. The molecular formula is C16H26N2O2. The van der Waals surface area contributed by atoms with Crippen LogP contribution in [0.5, 0.6) is 5.75 Å². The smallest absolute Gasteiger partial charge is 0.221 e. The summed E-state index contributed by atoms with van der Waals surface area (Å²) in [5.41, 5.74) is 1.19. The Hall–Kier alpha value is -1.55. The van der Waals surface area contributed by atoms with E-state index >= 15 is 0 Å². The highest BCUT2D eigenvalue weighted by Crippen LogP contribution is 2.18. The molecule has 1 atom stereocenters. The fourth-order valence-corrected chi connectivity index (χ4v) is 1.91. The second-order valence-corrected chi connectivity index (χ2v) is 5.11. The molecule has 1 amide bonds. The van der Waals surface area contributed by atoms with E-state index in [2.05, 4.69) is 29.7 Å². The fourth-order valence-electron chi connectivity index (χ4n) is 1.91. The maximum atomic E-state index is 11.3. The summed E-state index contributed by atoms with van der Waals surface area (Å²) in [7, 11) is 0. The van der Waals surface area contributed by atoms with Crippen molar-refractivity contribution in [2.45, 2.75) is 46.3 Å². The van der Waals surface area contributed by atoms with Crippen LogP contribution in [0.25, 0.3) is 0 Å². The average Bonchev–Trinajstić information content (AvgIpc) is 2.39. The molecule has 0 radical (unpaired) electrons. The SMILES string of the molecule is CCNC(=O)CCNC(C)c1ccc(OC(C)C)cc1. The molecule has 1 aromatic rings. The molecule has 0 aromatic heterocycles. The first-order valence-corrected chi connectivity index (χ1v) is 7.29. The van der Waals surface area contributed by atoms with Gasteiger partial charge in [-0.2, -0.15) is 0 Å². The molecule has 1 rings (SSSR count). The van der Waals surface area contributed by atoms with E-state index in [1.54, 1.807) is 0 Å². The maximum Gasteiger partial charge on any atom is 0.221 e. The summed E-state index contributed by atoms with van der Waals surface area (Å²) < 4.78 is 5.62. The fraction of sp³-hybridized carbons (Fsp3) is 0.562. The summed E-state index contributed by atoms with van der Waals surface area (Å²) in [6, 6.07) is 8.30. The van der Waals surface area contributed by atoms with Crippen LogP contribution in [0.3, 0.4) is 0 Å². The molecule has 1 aromatic carbocycles. The van der Waals surface area contributed by atoms with Gasteiger partial charge < -0.3 is 15.4 Å².